The third kappa shape index (κ3) is 6.02. The Balaban J connectivity index is 0.00000261. The molecule has 8 heteroatoms. The maximum atomic E-state index is 12.9. The lowest BCUT2D eigenvalue weighted by Gasteiger charge is -2.22. The highest BCUT2D eigenvalue weighted by molar-refractivity contribution is 5.97. The Morgan fingerprint density at radius 3 is 2.44 bits per heavy atom. The van der Waals surface area contributed by atoms with E-state index in [-0.39, 0.29) is 36.1 Å². The van der Waals surface area contributed by atoms with Crippen molar-refractivity contribution in [1.82, 2.24) is 10.6 Å². The summed E-state index contributed by atoms with van der Waals surface area (Å²) in [5.74, 6) is -0.722. The molecule has 0 aliphatic carbocycles. The molecule has 0 aromatic heterocycles. The number of hydrogen-bond acceptors (Lipinski definition) is 4. The van der Waals surface area contributed by atoms with Crippen LogP contribution in [0.2, 0.25) is 0 Å². The van der Waals surface area contributed by atoms with Crippen molar-refractivity contribution in [3.8, 4) is 0 Å². The van der Waals surface area contributed by atoms with Gasteiger partial charge in [-0.1, -0.05) is 12.1 Å². The standard InChI is InChI=1S/C19H20FN3O3.ClH/c20-15-5-1-13(2-6-15)11-22-18(24)14-3-7-16(8-4-14)23-19(25)17-12-26-10-9-21-17;/h1-8,17,21H,9-12H2,(H,22,24)(H,23,25);1H. The van der Waals surface area contributed by atoms with E-state index in [0.717, 1.165) is 5.56 Å². The molecule has 1 saturated heterocycles. The third-order valence-corrected chi connectivity index (χ3v) is 4.02. The van der Waals surface area contributed by atoms with Gasteiger partial charge in [0.1, 0.15) is 11.9 Å². The SMILES string of the molecule is Cl.O=C(NCc1ccc(F)cc1)c1ccc(NC(=O)C2COCCN2)cc1. The first kappa shape index (κ1) is 20.8. The van der Waals surface area contributed by atoms with E-state index in [1.54, 1.807) is 36.4 Å². The van der Waals surface area contributed by atoms with Gasteiger partial charge in [0.15, 0.2) is 0 Å². The van der Waals surface area contributed by atoms with Gasteiger partial charge in [-0.3, -0.25) is 9.59 Å². The minimum atomic E-state index is -0.373. The molecule has 1 unspecified atom stereocenters. The summed E-state index contributed by atoms with van der Waals surface area (Å²) in [6.07, 6.45) is 0. The summed E-state index contributed by atoms with van der Waals surface area (Å²) < 4.78 is 18.1. The molecule has 0 saturated carbocycles. The summed E-state index contributed by atoms with van der Waals surface area (Å²) in [6.45, 7) is 1.90. The second kappa shape index (κ2) is 10.0. The number of benzene rings is 2. The molecule has 2 aromatic carbocycles. The Bertz CT molecular complexity index is 763. The minimum Gasteiger partial charge on any atom is -0.378 e. The van der Waals surface area contributed by atoms with Crippen molar-refractivity contribution in [2.45, 2.75) is 12.6 Å². The molecule has 0 radical (unpaired) electrons. The van der Waals surface area contributed by atoms with Gasteiger partial charge in [0.05, 0.1) is 13.2 Å². The molecule has 144 valence electrons. The molecule has 3 N–H and O–H groups in total. The van der Waals surface area contributed by atoms with Crippen LogP contribution >= 0.6 is 12.4 Å². The first-order valence-electron chi connectivity index (χ1n) is 8.36. The van der Waals surface area contributed by atoms with E-state index in [9.17, 15) is 14.0 Å². The summed E-state index contributed by atoms with van der Waals surface area (Å²) in [7, 11) is 0. The fourth-order valence-corrected chi connectivity index (χ4v) is 2.55. The number of anilines is 1. The van der Waals surface area contributed by atoms with Gasteiger partial charge in [-0.25, -0.2) is 4.39 Å². The van der Waals surface area contributed by atoms with Crippen LogP contribution in [0, 0.1) is 5.82 Å². The molecule has 1 fully saturated rings. The van der Waals surface area contributed by atoms with E-state index in [0.29, 0.717) is 37.6 Å². The van der Waals surface area contributed by atoms with Crippen LogP contribution in [0.1, 0.15) is 15.9 Å². The van der Waals surface area contributed by atoms with Crippen LogP contribution in [0.5, 0.6) is 0 Å². The quantitative estimate of drug-likeness (QED) is 0.727. The molecule has 0 spiro atoms. The van der Waals surface area contributed by atoms with Crippen LogP contribution in [0.3, 0.4) is 0 Å². The van der Waals surface area contributed by atoms with Gasteiger partial charge in [0.2, 0.25) is 5.91 Å². The van der Waals surface area contributed by atoms with Crippen molar-refractivity contribution >= 4 is 29.9 Å². The Kier molecular flexibility index (Phi) is 7.72. The molecule has 0 bridgehead atoms. The molecule has 1 aliphatic heterocycles. The number of morpholine rings is 1. The topological polar surface area (TPSA) is 79.5 Å². The largest absolute Gasteiger partial charge is 0.378 e. The smallest absolute Gasteiger partial charge is 0.251 e. The summed E-state index contributed by atoms with van der Waals surface area (Å²) in [5.41, 5.74) is 1.90. The van der Waals surface area contributed by atoms with Crippen molar-refractivity contribution in [3.63, 3.8) is 0 Å². The van der Waals surface area contributed by atoms with E-state index < -0.39 is 0 Å². The zero-order chi connectivity index (χ0) is 18.4. The molecular formula is C19H21ClFN3O3. The Labute approximate surface area is 162 Å². The second-order valence-electron chi connectivity index (χ2n) is 5.96. The summed E-state index contributed by atoms with van der Waals surface area (Å²) in [4.78, 5) is 24.3. The minimum absolute atomic E-state index is 0. The lowest BCUT2D eigenvalue weighted by Crippen LogP contribution is -2.48. The van der Waals surface area contributed by atoms with Gasteiger partial charge in [-0.05, 0) is 42.0 Å². The highest BCUT2D eigenvalue weighted by Gasteiger charge is 2.21. The predicted octanol–water partition coefficient (Wildman–Crippen LogP) is 2.10. The number of halogens is 2. The number of rotatable bonds is 5. The molecule has 27 heavy (non-hydrogen) atoms. The second-order valence-corrected chi connectivity index (χ2v) is 5.96. The van der Waals surface area contributed by atoms with Gasteiger partial charge in [0.25, 0.3) is 5.91 Å². The number of nitrogens with one attached hydrogen (secondary N) is 3. The Morgan fingerprint density at radius 2 is 1.81 bits per heavy atom. The number of amides is 2. The van der Waals surface area contributed by atoms with Crippen LogP contribution in [0.15, 0.2) is 48.5 Å². The van der Waals surface area contributed by atoms with Gasteiger partial charge >= 0.3 is 0 Å². The summed E-state index contributed by atoms with van der Waals surface area (Å²) in [5, 5.41) is 8.64. The fraction of sp³-hybridized carbons (Fsp3) is 0.263. The van der Waals surface area contributed by atoms with Crippen molar-refractivity contribution < 1.29 is 18.7 Å². The Morgan fingerprint density at radius 1 is 1.11 bits per heavy atom. The fourth-order valence-electron chi connectivity index (χ4n) is 2.55. The molecular weight excluding hydrogens is 373 g/mol. The van der Waals surface area contributed by atoms with E-state index in [4.69, 9.17) is 4.74 Å². The highest BCUT2D eigenvalue weighted by atomic mass is 35.5. The predicted molar refractivity (Wildman–Crippen MR) is 102 cm³/mol. The monoisotopic (exact) mass is 393 g/mol. The molecule has 6 nitrogen and oxygen atoms in total. The van der Waals surface area contributed by atoms with Crippen molar-refractivity contribution in [2.75, 3.05) is 25.1 Å². The number of carbonyl (C=O) groups is 2. The average molecular weight is 394 g/mol. The average Bonchev–Trinajstić information content (AvgIpc) is 2.68. The molecule has 2 amide bonds. The first-order chi connectivity index (χ1) is 12.6. The zero-order valence-electron chi connectivity index (χ0n) is 14.5. The highest BCUT2D eigenvalue weighted by Crippen LogP contribution is 2.11. The molecule has 2 aromatic rings. The lowest BCUT2D eigenvalue weighted by atomic mass is 10.1. The van der Waals surface area contributed by atoms with Gasteiger partial charge in [0, 0.05) is 24.3 Å². The zero-order valence-corrected chi connectivity index (χ0v) is 15.4. The van der Waals surface area contributed by atoms with Gasteiger partial charge in [-0.15, -0.1) is 12.4 Å². The maximum absolute atomic E-state index is 12.9. The van der Waals surface area contributed by atoms with E-state index >= 15 is 0 Å². The van der Waals surface area contributed by atoms with E-state index in [2.05, 4.69) is 16.0 Å². The first-order valence-corrected chi connectivity index (χ1v) is 8.36. The van der Waals surface area contributed by atoms with Crippen molar-refractivity contribution in [1.29, 1.82) is 0 Å². The lowest BCUT2D eigenvalue weighted by molar-refractivity contribution is -0.120. The van der Waals surface area contributed by atoms with E-state index in [1.807, 2.05) is 0 Å². The van der Waals surface area contributed by atoms with Crippen LogP contribution in [0.25, 0.3) is 0 Å². The van der Waals surface area contributed by atoms with E-state index in [1.165, 1.54) is 12.1 Å². The number of ether oxygens (including phenoxy) is 1. The molecule has 1 atom stereocenters. The van der Waals surface area contributed by atoms with Gasteiger partial charge < -0.3 is 20.7 Å². The Hall–Kier alpha value is -2.48. The number of carbonyl (C=O) groups excluding carboxylic acids is 2. The summed E-state index contributed by atoms with van der Waals surface area (Å²) >= 11 is 0. The van der Waals surface area contributed by atoms with Crippen LogP contribution < -0.4 is 16.0 Å². The van der Waals surface area contributed by atoms with Crippen LogP contribution in [-0.2, 0) is 16.1 Å². The van der Waals surface area contributed by atoms with Crippen LogP contribution in [0.4, 0.5) is 10.1 Å². The van der Waals surface area contributed by atoms with Gasteiger partial charge in [-0.2, -0.15) is 0 Å². The van der Waals surface area contributed by atoms with Crippen LogP contribution in [-0.4, -0.2) is 37.6 Å². The number of hydrogen-bond donors (Lipinski definition) is 3. The van der Waals surface area contributed by atoms with Crippen molar-refractivity contribution in [2.24, 2.45) is 0 Å². The third-order valence-electron chi connectivity index (χ3n) is 4.02. The molecule has 1 aliphatic rings. The summed E-state index contributed by atoms with van der Waals surface area (Å²) in [6, 6.07) is 12.2. The molecule has 1 heterocycles. The normalized spacial score (nSPS) is 16.1. The molecule has 3 rings (SSSR count). The maximum Gasteiger partial charge on any atom is 0.251 e. The van der Waals surface area contributed by atoms with Crippen molar-refractivity contribution in [3.05, 3.63) is 65.5 Å².